The van der Waals surface area contributed by atoms with Gasteiger partial charge in [-0.25, -0.2) is 9.37 Å². The molecule has 0 bridgehead atoms. The van der Waals surface area contributed by atoms with E-state index in [4.69, 9.17) is 5.11 Å². The van der Waals surface area contributed by atoms with E-state index in [-0.39, 0.29) is 12.4 Å². The van der Waals surface area contributed by atoms with E-state index in [2.05, 4.69) is 20.9 Å². The summed E-state index contributed by atoms with van der Waals surface area (Å²) >= 11 is 3.11. The van der Waals surface area contributed by atoms with E-state index in [1.807, 2.05) is 0 Å². The fourth-order valence-electron chi connectivity index (χ4n) is 0.763. The molecule has 0 aliphatic rings. The number of rotatable bonds is 2. The molecule has 1 N–H and O–H groups in total. The van der Waals surface area contributed by atoms with Crippen molar-refractivity contribution in [2.75, 3.05) is 6.61 Å². The van der Waals surface area contributed by atoms with Crippen molar-refractivity contribution >= 4 is 15.9 Å². The van der Waals surface area contributed by atoms with Crippen LogP contribution in [0.5, 0.6) is 0 Å². The van der Waals surface area contributed by atoms with Gasteiger partial charge in [-0.3, -0.25) is 0 Å². The normalized spacial score (nSPS) is 10.1. The number of halogens is 2. The van der Waals surface area contributed by atoms with Gasteiger partial charge in [0.15, 0.2) is 0 Å². The predicted octanol–water partition coefficient (Wildman–Crippen LogP) is 1.52. The number of pyridine rings is 1. The van der Waals surface area contributed by atoms with Gasteiger partial charge < -0.3 is 5.11 Å². The lowest BCUT2D eigenvalue weighted by Gasteiger charge is -1.99. The molecule has 0 aliphatic carbocycles. The van der Waals surface area contributed by atoms with Crippen molar-refractivity contribution in [3.05, 3.63) is 28.2 Å². The molecule has 0 saturated carbocycles. The molecule has 60 valence electrons. The minimum atomic E-state index is -0.373. The van der Waals surface area contributed by atoms with Crippen molar-refractivity contribution in [1.29, 1.82) is 0 Å². The van der Waals surface area contributed by atoms with Gasteiger partial charge in [-0.2, -0.15) is 0 Å². The second-order valence-electron chi connectivity index (χ2n) is 2.07. The summed E-state index contributed by atoms with van der Waals surface area (Å²) < 4.78 is 13.3. The first kappa shape index (κ1) is 8.62. The van der Waals surface area contributed by atoms with Gasteiger partial charge in [0, 0.05) is 6.61 Å². The lowest BCUT2D eigenvalue weighted by Crippen LogP contribution is -1.95. The summed E-state index contributed by atoms with van der Waals surface area (Å²) in [4.78, 5) is 3.68. The van der Waals surface area contributed by atoms with Crippen LogP contribution in [-0.2, 0) is 6.42 Å². The van der Waals surface area contributed by atoms with Crippen LogP contribution in [0.15, 0.2) is 16.9 Å². The maximum atomic E-state index is 12.8. The SMILES string of the molecule is OCCc1cc(Br)ncc1F. The Bertz CT molecular complexity index is 254. The second kappa shape index (κ2) is 3.78. The van der Waals surface area contributed by atoms with Crippen LogP contribution in [0.3, 0.4) is 0 Å². The summed E-state index contributed by atoms with van der Waals surface area (Å²) in [6.45, 7) is -0.0482. The lowest BCUT2D eigenvalue weighted by molar-refractivity contribution is 0.297. The van der Waals surface area contributed by atoms with Crippen LogP contribution >= 0.6 is 15.9 Å². The Morgan fingerprint density at radius 1 is 1.64 bits per heavy atom. The highest BCUT2D eigenvalue weighted by atomic mass is 79.9. The summed E-state index contributed by atoms with van der Waals surface area (Å²) in [5.74, 6) is -0.373. The lowest BCUT2D eigenvalue weighted by atomic mass is 10.2. The quantitative estimate of drug-likeness (QED) is 0.766. The molecule has 0 aliphatic heterocycles. The molecule has 11 heavy (non-hydrogen) atoms. The van der Waals surface area contributed by atoms with E-state index in [0.717, 1.165) is 6.20 Å². The third-order valence-corrected chi connectivity index (χ3v) is 1.72. The fraction of sp³-hybridized carbons (Fsp3) is 0.286. The maximum absolute atomic E-state index is 12.8. The number of aliphatic hydroxyl groups excluding tert-OH is 1. The minimum Gasteiger partial charge on any atom is -0.396 e. The molecule has 0 aromatic carbocycles. The molecule has 0 fully saturated rings. The van der Waals surface area contributed by atoms with E-state index in [1.165, 1.54) is 0 Å². The van der Waals surface area contributed by atoms with Crippen LogP contribution in [0.2, 0.25) is 0 Å². The van der Waals surface area contributed by atoms with Gasteiger partial charge in [0.2, 0.25) is 0 Å². The van der Waals surface area contributed by atoms with Crippen molar-refractivity contribution < 1.29 is 9.50 Å². The molecular formula is C7H7BrFNO. The Balaban J connectivity index is 2.93. The number of aromatic nitrogens is 1. The van der Waals surface area contributed by atoms with Crippen molar-refractivity contribution in [2.24, 2.45) is 0 Å². The highest BCUT2D eigenvalue weighted by molar-refractivity contribution is 9.10. The van der Waals surface area contributed by atoms with Crippen LogP contribution in [0, 0.1) is 5.82 Å². The maximum Gasteiger partial charge on any atom is 0.144 e. The molecule has 1 heterocycles. The van der Waals surface area contributed by atoms with Crippen molar-refractivity contribution in [3.8, 4) is 0 Å². The first-order valence-corrected chi connectivity index (χ1v) is 3.94. The highest BCUT2D eigenvalue weighted by Crippen LogP contribution is 2.12. The topological polar surface area (TPSA) is 33.1 Å². The van der Waals surface area contributed by atoms with Crippen LogP contribution in [-0.4, -0.2) is 16.7 Å². The van der Waals surface area contributed by atoms with Crippen LogP contribution in [0.25, 0.3) is 0 Å². The number of hydrogen-bond acceptors (Lipinski definition) is 2. The van der Waals surface area contributed by atoms with E-state index in [1.54, 1.807) is 6.07 Å². The summed E-state index contributed by atoms with van der Waals surface area (Å²) in [6, 6.07) is 1.56. The van der Waals surface area contributed by atoms with E-state index in [0.29, 0.717) is 16.6 Å². The van der Waals surface area contributed by atoms with Crippen LogP contribution in [0.1, 0.15) is 5.56 Å². The average Bonchev–Trinajstić information content (AvgIpc) is 1.98. The molecule has 2 nitrogen and oxygen atoms in total. The predicted molar refractivity (Wildman–Crippen MR) is 42.7 cm³/mol. The molecular weight excluding hydrogens is 213 g/mol. The van der Waals surface area contributed by atoms with Gasteiger partial charge >= 0.3 is 0 Å². The molecule has 0 unspecified atom stereocenters. The highest BCUT2D eigenvalue weighted by Gasteiger charge is 2.01. The second-order valence-corrected chi connectivity index (χ2v) is 2.88. The zero-order valence-corrected chi connectivity index (χ0v) is 7.31. The largest absolute Gasteiger partial charge is 0.396 e. The van der Waals surface area contributed by atoms with E-state index < -0.39 is 0 Å². The fourth-order valence-corrected chi connectivity index (χ4v) is 1.14. The zero-order valence-electron chi connectivity index (χ0n) is 5.72. The number of aliphatic hydroxyl groups is 1. The molecule has 1 aromatic heterocycles. The van der Waals surface area contributed by atoms with Gasteiger partial charge in [-0.1, -0.05) is 0 Å². The monoisotopic (exact) mass is 219 g/mol. The Morgan fingerprint density at radius 3 is 3.00 bits per heavy atom. The molecule has 0 saturated heterocycles. The van der Waals surface area contributed by atoms with Crippen LogP contribution in [0.4, 0.5) is 4.39 Å². The summed E-state index contributed by atoms with van der Waals surface area (Å²) in [7, 11) is 0. The van der Waals surface area contributed by atoms with Crippen molar-refractivity contribution in [1.82, 2.24) is 4.98 Å². The minimum absolute atomic E-state index is 0.0482. The Labute approximate surface area is 72.2 Å². The Morgan fingerprint density at radius 2 is 2.36 bits per heavy atom. The first-order valence-electron chi connectivity index (χ1n) is 3.15. The van der Waals surface area contributed by atoms with E-state index in [9.17, 15) is 4.39 Å². The van der Waals surface area contributed by atoms with Gasteiger partial charge in [-0.15, -0.1) is 0 Å². The molecule has 0 spiro atoms. The molecule has 0 amide bonds. The van der Waals surface area contributed by atoms with Gasteiger partial charge in [0.25, 0.3) is 0 Å². The molecule has 4 heteroatoms. The Hall–Kier alpha value is -0.480. The summed E-state index contributed by atoms with van der Waals surface area (Å²) in [5, 5.41) is 8.53. The van der Waals surface area contributed by atoms with Crippen molar-refractivity contribution in [3.63, 3.8) is 0 Å². The van der Waals surface area contributed by atoms with Gasteiger partial charge in [0.05, 0.1) is 6.20 Å². The Kier molecular flexibility index (Phi) is 2.96. The van der Waals surface area contributed by atoms with Crippen LogP contribution < -0.4 is 0 Å². The third kappa shape index (κ3) is 2.24. The van der Waals surface area contributed by atoms with Gasteiger partial charge in [-0.05, 0) is 34.0 Å². The summed E-state index contributed by atoms with van der Waals surface area (Å²) in [5.41, 5.74) is 0.481. The standard InChI is InChI=1S/C7H7BrFNO/c8-7-3-5(1-2-11)6(9)4-10-7/h3-4,11H,1-2H2. The third-order valence-electron chi connectivity index (χ3n) is 1.28. The first-order chi connectivity index (χ1) is 5.24. The molecule has 0 atom stereocenters. The number of nitrogens with zero attached hydrogens (tertiary/aromatic N) is 1. The smallest absolute Gasteiger partial charge is 0.144 e. The van der Waals surface area contributed by atoms with E-state index >= 15 is 0 Å². The van der Waals surface area contributed by atoms with Crippen molar-refractivity contribution in [2.45, 2.75) is 6.42 Å². The molecule has 1 rings (SSSR count). The zero-order chi connectivity index (χ0) is 8.27. The van der Waals surface area contributed by atoms with Gasteiger partial charge in [0.1, 0.15) is 10.4 Å². The molecule has 0 radical (unpaired) electrons. The average molecular weight is 220 g/mol. The molecule has 1 aromatic rings. The number of hydrogen-bond donors (Lipinski definition) is 1. The summed E-state index contributed by atoms with van der Waals surface area (Å²) in [6.07, 6.45) is 1.46.